The molecular formula is C34H31F6N7OS. The summed E-state index contributed by atoms with van der Waals surface area (Å²) < 4.78 is 96.2. The monoisotopic (exact) mass is 699 g/mol. The van der Waals surface area contributed by atoms with Crippen LogP contribution in [0.1, 0.15) is 37.7 Å². The highest BCUT2D eigenvalue weighted by molar-refractivity contribution is 7.23. The standard InChI is InChI=1S/C34H31F6N7OS/c35-18-9-34(5-1-7-47(34)14-18)16-48-32-44-28-20(31(45-32)46-13-17-4-6-33(15-46,43-12-17)10-24(38)39)8-23(37)26(27(28)40)19-2-3-22(36)29-25(19)21(11-41)30(42)49-29/h2-3,8,10,17-18,43H,1,4-7,9,12-16,42H2/t17-,18+,33-,34?/m0/s1. The van der Waals surface area contributed by atoms with Crippen LogP contribution in [-0.4, -0.2) is 71.4 Å². The van der Waals surface area contributed by atoms with Gasteiger partial charge in [0.15, 0.2) is 5.82 Å². The van der Waals surface area contributed by atoms with Crippen LogP contribution in [0.2, 0.25) is 0 Å². The first-order chi connectivity index (χ1) is 23.5. The van der Waals surface area contributed by atoms with Gasteiger partial charge < -0.3 is 20.7 Å². The summed E-state index contributed by atoms with van der Waals surface area (Å²) in [5, 5.41) is 13.0. The Morgan fingerprint density at radius 3 is 2.78 bits per heavy atom. The Kier molecular flexibility index (Phi) is 7.69. The Morgan fingerprint density at radius 1 is 1.18 bits per heavy atom. The van der Waals surface area contributed by atoms with Crippen molar-refractivity contribution >= 4 is 43.1 Å². The van der Waals surface area contributed by atoms with E-state index in [2.05, 4.69) is 15.3 Å². The second-order valence-corrected chi connectivity index (χ2v) is 14.7. The van der Waals surface area contributed by atoms with E-state index < -0.39 is 46.3 Å². The van der Waals surface area contributed by atoms with E-state index in [0.29, 0.717) is 32.4 Å². The number of nitrogens with one attached hydrogen (secondary N) is 1. The lowest BCUT2D eigenvalue weighted by Gasteiger charge is -2.35. The molecule has 2 aromatic heterocycles. The molecule has 9 rings (SSSR count). The fourth-order valence-corrected chi connectivity index (χ4v) is 9.36. The maximum Gasteiger partial charge on any atom is 0.319 e. The number of thiophene rings is 1. The van der Waals surface area contributed by atoms with Crippen LogP contribution in [0.15, 0.2) is 30.4 Å². The van der Waals surface area contributed by atoms with Crippen LogP contribution in [0.25, 0.3) is 32.1 Å². The zero-order valence-corrected chi connectivity index (χ0v) is 27.0. The van der Waals surface area contributed by atoms with Gasteiger partial charge in [-0.05, 0) is 55.8 Å². The molecule has 5 saturated heterocycles. The summed E-state index contributed by atoms with van der Waals surface area (Å²) in [7, 11) is 0. The van der Waals surface area contributed by atoms with Gasteiger partial charge in [0.05, 0.1) is 26.9 Å². The predicted octanol–water partition coefficient (Wildman–Crippen LogP) is 6.68. The largest absolute Gasteiger partial charge is 0.461 e. The Morgan fingerprint density at radius 2 is 2.02 bits per heavy atom. The molecule has 49 heavy (non-hydrogen) atoms. The molecule has 7 heterocycles. The lowest BCUT2D eigenvalue weighted by Crippen LogP contribution is -2.52. The summed E-state index contributed by atoms with van der Waals surface area (Å²) >= 11 is 0.804. The fourth-order valence-electron chi connectivity index (χ4n) is 8.42. The Balaban J connectivity index is 1.31. The molecule has 4 atom stereocenters. The molecule has 15 heteroatoms. The summed E-state index contributed by atoms with van der Waals surface area (Å²) in [4.78, 5) is 12.8. The van der Waals surface area contributed by atoms with Crippen molar-refractivity contribution in [2.24, 2.45) is 5.92 Å². The molecule has 0 spiro atoms. The number of fused-ring (bicyclic) bond motifs is 7. The third-order valence-corrected chi connectivity index (χ3v) is 11.7. The molecule has 5 fully saturated rings. The normalized spacial score (nSPS) is 26.7. The van der Waals surface area contributed by atoms with Crippen LogP contribution < -0.4 is 20.7 Å². The Bertz CT molecular complexity index is 2070. The summed E-state index contributed by atoms with van der Waals surface area (Å²) in [5.41, 5.74) is 3.28. The molecule has 2 bridgehead atoms. The predicted molar refractivity (Wildman–Crippen MR) is 174 cm³/mol. The van der Waals surface area contributed by atoms with Crippen molar-refractivity contribution in [3.05, 3.63) is 53.4 Å². The number of rotatable bonds is 6. The number of nitriles is 1. The molecule has 1 unspecified atom stereocenters. The van der Waals surface area contributed by atoms with Gasteiger partial charge in [-0.3, -0.25) is 4.90 Å². The summed E-state index contributed by atoms with van der Waals surface area (Å²) in [6.45, 7) is 1.92. The molecule has 0 saturated carbocycles. The fraction of sp³-hybridized carbons (Fsp3) is 0.441. The van der Waals surface area contributed by atoms with E-state index in [1.807, 2.05) is 11.0 Å². The zero-order chi connectivity index (χ0) is 34.2. The molecule has 8 nitrogen and oxygen atoms in total. The van der Waals surface area contributed by atoms with Crippen molar-refractivity contribution in [2.45, 2.75) is 49.4 Å². The number of nitrogens with two attached hydrogens (primary N) is 1. The number of anilines is 2. The maximum atomic E-state index is 16.9. The molecule has 256 valence electrons. The molecular weight excluding hydrogens is 668 g/mol. The summed E-state index contributed by atoms with van der Waals surface area (Å²) in [6, 6.07) is 5.02. The quantitative estimate of drug-likeness (QED) is 0.215. The van der Waals surface area contributed by atoms with Crippen LogP contribution in [0.4, 0.5) is 37.2 Å². The number of piperidine rings is 1. The second-order valence-electron chi connectivity index (χ2n) is 13.6. The number of benzene rings is 2. The van der Waals surface area contributed by atoms with Gasteiger partial charge in [-0.15, -0.1) is 11.3 Å². The van der Waals surface area contributed by atoms with Crippen molar-refractivity contribution in [1.82, 2.24) is 20.2 Å². The average Bonchev–Trinajstić information content (AvgIpc) is 3.61. The van der Waals surface area contributed by atoms with Crippen LogP contribution >= 0.6 is 11.3 Å². The van der Waals surface area contributed by atoms with E-state index in [4.69, 9.17) is 10.5 Å². The van der Waals surface area contributed by atoms with Gasteiger partial charge in [-0.1, -0.05) is 6.07 Å². The van der Waals surface area contributed by atoms with Crippen molar-refractivity contribution in [3.8, 4) is 23.2 Å². The zero-order valence-electron chi connectivity index (χ0n) is 26.1. The second kappa shape index (κ2) is 11.7. The maximum absolute atomic E-state index is 16.9. The third-order valence-electron chi connectivity index (χ3n) is 10.7. The third kappa shape index (κ3) is 5.26. The number of ether oxygens (including phenoxy) is 1. The number of halogens is 6. The lowest BCUT2D eigenvalue weighted by atomic mass is 9.86. The van der Waals surface area contributed by atoms with E-state index in [-0.39, 0.29) is 81.0 Å². The summed E-state index contributed by atoms with van der Waals surface area (Å²) in [5.74, 6) is -2.67. The molecule has 0 radical (unpaired) electrons. The topological polar surface area (TPSA) is 103 Å². The molecule has 2 aromatic carbocycles. The minimum Gasteiger partial charge on any atom is -0.461 e. The highest BCUT2D eigenvalue weighted by Gasteiger charge is 2.49. The van der Waals surface area contributed by atoms with Crippen molar-refractivity contribution in [3.63, 3.8) is 0 Å². The number of aromatic nitrogens is 2. The van der Waals surface area contributed by atoms with Crippen LogP contribution in [0, 0.1) is 34.7 Å². The number of hydrogen-bond acceptors (Lipinski definition) is 9. The minimum atomic E-state index is -1.84. The van der Waals surface area contributed by atoms with Gasteiger partial charge in [0.25, 0.3) is 6.08 Å². The number of alkyl halides is 1. The van der Waals surface area contributed by atoms with E-state index in [1.165, 1.54) is 6.07 Å². The van der Waals surface area contributed by atoms with Gasteiger partial charge in [-0.25, -0.2) is 17.6 Å². The Labute approximate surface area is 281 Å². The van der Waals surface area contributed by atoms with Crippen LogP contribution in [0.5, 0.6) is 6.01 Å². The van der Waals surface area contributed by atoms with Crippen LogP contribution in [0.3, 0.4) is 0 Å². The van der Waals surface area contributed by atoms with Crippen molar-refractivity contribution in [1.29, 1.82) is 5.26 Å². The highest BCUT2D eigenvalue weighted by Crippen LogP contribution is 2.45. The lowest BCUT2D eigenvalue weighted by molar-refractivity contribution is 0.107. The van der Waals surface area contributed by atoms with Crippen molar-refractivity contribution < 1.29 is 31.1 Å². The minimum absolute atomic E-state index is 0.00520. The Hall–Kier alpha value is -4.13. The SMILES string of the molecule is N#Cc1c(N)sc2c(F)ccc(-c3c(F)cc4c(N5C[C@H]6CC[C@](C=C(F)F)(C5)NC6)nc(OCC56CCCN5C[C@H](F)C6)nc4c3F)c12. The molecule has 0 amide bonds. The van der Waals surface area contributed by atoms with Gasteiger partial charge >= 0.3 is 6.01 Å². The van der Waals surface area contributed by atoms with Crippen LogP contribution in [-0.2, 0) is 0 Å². The highest BCUT2D eigenvalue weighted by atomic mass is 32.1. The van der Waals surface area contributed by atoms with E-state index in [0.717, 1.165) is 42.5 Å². The van der Waals surface area contributed by atoms with E-state index in [9.17, 15) is 22.8 Å². The number of nitrogen functional groups attached to an aromatic ring is 1. The first-order valence-corrected chi connectivity index (χ1v) is 17.0. The summed E-state index contributed by atoms with van der Waals surface area (Å²) in [6.07, 6.45) is 0.951. The average molecular weight is 700 g/mol. The van der Waals surface area contributed by atoms with Gasteiger partial charge in [-0.2, -0.15) is 24.0 Å². The van der Waals surface area contributed by atoms with Crippen molar-refractivity contribution in [2.75, 3.05) is 50.0 Å². The first-order valence-electron chi connectivity index (χ1n) is 16.2. The van der Waals surface area contributed by atoms with Gasteiger partial charge in [0.2, 0.25) is 0 Å². The molecule has 0 aliphatic carbocycles. The van der Waals surface area contributed by atoms with E-state index >= 15 is 8.78 Å². The molecule has 5 aliphatic heterocycles. The van der Waals surface area contributed by atoms with Gasteiger partial charge in [0, 0.05) is 49.4 Å². The number of nitrogens with zero attached hydrogens (tertiary/aromatic N) is 5. The molecule has 3 N–H and O–H groups in total. The number of hydrogen-bond donors (Lipinski definition) is 2. The molecule has 4 aromatic rings. The molecule has 5 aliphatic rings. The first kappa shape index (κ1) is 32.1. The smallest absolute Gasteiger partial charge is 0.319 e. The van der Waals surface area contributed by atoms with E-state index in [1.54, 1.807) is 4.90 Å². The van der Waals surface area contributed by atoms with Gasteiger partial charge in [0.1, 0.15) is 46.8 Å².